The summed E-state index contributed by atoms with van der Waals surface area (Å²) in [5.74, 6) is 1.22. The quantitative estimate of drug-likeness (QED) is 0.455. The number of hydrogen-bond acceptors (Lipinski definition) is 5. The highest BCUT2D eigenvalue weighted by atomic mass is 32.2. The number of ether oxygens (including phenoxy) is 1. The number of benzene rings is 1. The van der Waals surface area contributed by atoms with Gasteiger partial charge in [0.1, 0.15) is 0 Å². The maximum atomic E-state index is 11.9. The number of ketones is 1. The molecule has 1 atom stereocenters. The molecule has 0 spiro atoms. The van der Waals surface area contributed by atoms with Gasteiger partial charge in [0, 0.05) is 30.1 Å². The van der Waals surface area contributed by atoms with Gasteiger partial charge in [-0.3, -0.25) is 14.9 Å². The SMILES string of the molecule is O=C(CSCC1CCCO1)c1ccc([N+](=O)[O-])cc1. The Hall–Kier alpha value is -1.40. The fourth-order valence-electron chi connectivity index (χ4n) is 1.91. The number of hydrogen-bond donors (Lipinski definition) is 0. The Kier molecular flexibility index (Phi) is 4.93. The van der Waals surface area contributed by atoms with Gasteiger partial charge in [0.2, 0.25) is 0 Å². The lowest BCUT2D eigenvalue weighted by atomic mass is 10.1. The molecule has 0 bridgehead atoms. The first-order chi connectivity index (χ1) is 9.16. The van der Waals surface area contributed by atoms with Crippen LogP contribution in [0.3, 0.4) is 0 Å². The number of Topliss-reactive ketones (excluding diaryl/α,β-unsaturated/α-hetero) is 1. The molecule has 1 aromatic rings. The lowest BCUT2D eigenvalue weighted by molar-refractivity contribution is -0.384. The van der Waals surface area contributed by atoms with Gasteiger partial charge in [0.05, 0.1) is 16.8 Å². The van der Waals surface area contributed by atoms with Crippen molar-refractivity contribution in [3.8, 4) is 0 Å². The lowest BCUT2D eigenvalue weighted by Crippen LogP contribution is -2.11. The van der Waals surface area contributed by atoms with E-state index in [0.717, 1.165) is 25.2 Å². The van der Waals surface area contributed by atoms with E-state index in [1.807, 2.05) is 0 Å². The lowest BCUT2D eigenvalue weighted by Gasteiger charge is -2.07. The molecule has 0 amide bonds. The Morgan fingerprint density at radius 3 is 2.74 bits per heavy atom. The van der Waals surface area contributed by atoms with Gasteiger partial charge in [-0.15, -0.1) is 0 Å². The van der Waals surface area contributed by atoms with Gasteiger partial charge in [0.15, 0.2) is 5.78 Å². The van der Waals surface area contributed by atoms with Crippen LogP contribution in [-0.4, -0.2) is 34.9 Å². The minimum absolute atomic E-state index is 0.00195. The zero-order valence-corrected chi connectivity index (χ0v) is 11.2. The summed E-state index contributed by atoms with van der Waals surface area (Å²) < 4.78 is 5.48. The molecular weight excluding hydrogens is 266 g/mol. The molecule has 1 saturated heterocycles. The Balaban J connectivity index is 1.80. The average Bonchev–Trinajstić information content (AvgIpc) is 2.92. The molecule has 5 nitrogen and oxygen atoms in total. The predicted octanol–water partition coefficient (Wildman–Crippen LogP) is 2.69. The van der Waals surface area contributed by atoms with Crippen LogP contribution in [0.15, 0.2) is 24.3 Å². The van der Waals surface area contributed by atoms with Crippen molar-refractivity contribution in [1.82, 2.24) is 0 Å². The summed E-state index contributed by atoms with van der Waals surface area (Å²) in [6.07, 6.45) is 2.44. The number of rotatable bonds is 6. The third kappa shape index (κ3) is 4.04. The number of non-ortho nitro benzene ring substituents is 1. The van der Waals surface area contributed by atoms with Crippen LogP contribution in [0, 0.1) is 10.1 Å². The van der Waals surface area contributed by atoms with Crippen LogP contribution in [0.2, 0.25) is 0 Å². The van der Waals surface area contributed by atoms with Crippen molar-refractivity contribution in [3.63, 3.8) is 0 Å². The molecule has 0 radical (unpaired) electrons. The molecule has 0 saturated carbocycles. The minimum Gasteiger partial charge on any atom is -0.377 e. The molecule has 1 aliphatic rings. The molecule has 0 aliphatic carbocycles. The summed E-state index contributed by atoms with van der Waals surface area (Å²) >= 11 is 1.56. The molecule has 0 N–H and O–H groups in total. The van der Waals surface area contributed by atoms with Crippen LogP contribution in [-0.2, 0) is 4.74 Å². The summed E-state index contributed by atoms with van der Waals surface area (Å²) in [5.41, 5.74) is 0.522. The number of nitro groups is 1. The molecule has 1 fully saturated rings. The highest BCUT2D eigenvalue weighted by molar-refractivity contribution is 8.00. The van der Waals surface area contributed by atoms with Crippen LogP contribution >= 0.6 is 11.8 Å². The van der Waals surface area contributed by atoms with Crippen LogP contribution in [0.1, 0.15) is 23.2 Å². The van der Waals surface area contributed by atoms with Gasteiger partial charge in [0.25, 0.3) is 5.69 Å². The van der Waals surface area contributed by atoms with Gasteiger partial charge in [-0.2, -0.15) is 11.8 Å². The van der Waals surface area contributed by atoms with Crippen molar-refractivity contribution in [3.05, 3.63) is 39.9 Å². The number of thioether (sulfide) groups is 1. The standard InChI is InChI=1S/C13H15NO4S/c15-13(9-19-8-12-2-1-7-18-12)10-3-5-11(6-4-10)14(16)17/h3-6,12H,1-2,7-9H2. The van der Waals surface area contributed by atoms with E-state index < -0.39 is 4.92 Å². The number of nitro benzene ring substituents is 1. The Morgan fingerprint density at radius 2 is 2.16 bits per heavy atom. The first-order valence-corrected chi connectivity index (χ1v) is 7.29. The zero-order chi connectivity index (χ0) is 13.7. The summed E-state index contributed by atoms with van der Waals surface area (Å²) in [5, 5.41) is 10.5. The average molecular weight is 281 g/mol. The van der Waals surface area contributed by atoms with E-state index >= 15 is 0 Å². The van der Waals surface area contributed by atoms with Crippen molar-refractivity contribution in [2.24, 2.45) is 0 Å². The van der Waals surface area contributed by atoms with Gasteiger partial charge in [-0.25, -0.2) is 0 Å². The summed E-state index contributed by atoms with van der Waals surface area (Å²) in [7, 11) is 0. The Labute approximate surface area is 115 Å². The zero-order valence-electron chi connectivity index (χ0n) is 10.4. The fraction of sp³-hybridized carbons (Fsp3) is 0.462. The van der Waals surface area contributed by atoms with Gasteiger partial charge in [-0.05, 0) is 25.0 Å². The molecule has 1 aromatic carbocycles. The topological polar surface area (TPSA) is 69.4 Å². The first kappa shape index (κ1) is 14.0. The molecule has 2 rings (SSSR count). The van der Waals surface area contributed by atoms with E-state index in [4.69, 9.17) is 4.74 Å². The van der Waals surface area contributed by atoms with E-state index in [9.17, 15) is 14.9 Å². The van der Waals surface area contributed by atoms with Crippen LogP contribution < -0.4 is 0 Å². The Morgan fingerprint density at radius 1 is 1.42 bits per heavy atom. The van der Waals surface area contributed by atoms with Crippen LogP contribution in [0.25, 0.3) is 0 Å². The van der Waals surface area contributed by atoms with Crippen molar-refractivity contribution in [1.29, 1.82) is 0 Å². The van der Waals surface area contributed by atoms with Crippen LogP contribution in [0.5, 0.6) is 0 Å². The second kappa shape index (κ2) is 6.68. The summed E-state index contributed by atoms with van der Waals surface area (Å²) in [6, 6.07) is 5.73. The molecule has 6 heteroatoms. The second-order valence-electron chi connectivity index (χ2n) is 4.38. The van der Waals surface area contributed by atoms with Gasteiger partial charge in [-0.1, -0.05) is 0 Å². The summed E-state index contributed by atoms with van der Waals surface area (Å²) in [4.78, 5) is 21.9. The molecule has 102 valence electrons. The van der Waals surface area contributed by atoms with E-state index in [1.54, 1.807) is 11.8 Å². The second-order valence-corrected chi connectivity index (χ2v) is 5.41. The molecule has 1 aliphatic heterocycles. The molecule has 1 heterocycles. The van der Waals surface area contributed by atoms with Gasteiger partial charge >= 0.3 is 0 Å². The van der Waals surface area contributed by atoms with Crippen molar-refractivity contribution < 1.29 is 14.5 Å². The molecule has 19 heavy (non-hydrogen) atoms. The number of nitrogens with zero attached hydrogens (tertiary/aromatic N) is 1. The van der Waals surface area contributed by atoms with Crippen molar-refractivity contribution in [2.75, 3.05) is 18.1 Å². The van der Waals surface area contributed by atoms with E-state index in [2.05, 4.69) is 0 Å². The highest BCUT2D eigenvalue weighted by Gasteiger charge is 2.16. The number of carbonyl (C=O) groups excluding carboxylic acids is 1. The maximum Gasteiger partial charge on any atom is 0.269 e. The Bertz CT molecular complexity index is 454. The minimum atomic E-state index is -0.472. The monoisotopic (exact) mass is 281 g/mol. The van der Waals surface area contributed by atoms with Crippen molar-refractivity contribution in [2.45, 2.75) is 18.9 Å². The first-order valence-electron chi connectivity index (χ1n) is 6.14. The van der Waals surface area contributed by atoms with E-state index in [0.29, 0.717) is 11.3 Å². The van der Waals surface area contributed by atoms with Crippen LogP contribution in [0.4, 0.5) is 5.69 Å². The predicted molar refractivity (Wildman–Crippen MR) is 73.7 cm³/mol. The smallest absolute Gasteiger partial charge is 0.269 e. The van der Waals surface area contributed by atoms with E-state index in [1.165, 1.54) is 24.3 Å². The molecular formula is C13H15NO4S. The third-order valence-electron chi connectivity index (χ3n) is 2.96. The van der Waals surface area contributed by atoms with E-state index in [-0.39, 0.29) is 17.6 Å². The largest absolute Gasteiger partial charge is 0.377 e. The third-order valence-corrected chi connectivity index (χ3v) is 4.03. The normalized spacial score (nSPS) is 18.4. The molecule has 0 aromatic heterocycles. The fourth-order valence-corrected chi connectivity index (χ4v) is 2.91. The summed E-state index contributed by atoms with van der Waals surface area (Å²) in [6.45, 7) is 0.821. The number of carbonyl (C=O) groups is 1. The maximum absolute atomic E-state index is 11.9. The molecule has 1 unspecified atom stereocenters. The highest BCUT2D eigenvalue weighted by Crippen LogP contribution is 2.18. The van der Waals surface area contributed by atoms with Gasteiger partial charge < -0.3 is 4.74 Å². The van der Waals surface area contributed by atoms with Crippen molar-refractivity contribution >= 4 is 23.2 Å².